The Balaban J connectivity index is 1.55. The zero-order chi connectivity index (χ0) is 14.8. The number of carbonyl (C=O) groups excluding carboxylic acids is 1. The first-order valence-corrected chi connectivity index (χ1v) is 8.07. The quantitative estimate of drug-likeness (QED) is 0.915. The maximum absolute atomic E-state index is 12.4. The Morgan fingerprint density at radius 3 is 2.43 bits per heavy atom. The largest absolute Gasteiger partial charge is 0.337 e. The second kappa shape index (κ2) is 6.13. The van der Waals surface area contributed by atoms with Gasteiger partial charge in [-0.3, -0.25) is 4.79 Å². The van der Waals surface area contributed by atoms with E-state index in [2.05, 4.69) is 27.2 Å². The highest BCUT2D eigenvalue weighted by molar-refractivity contribution is 5.93. The molecule has 3 heterocycles. The second-order valence-corrected chi connectivity index (χ2v) is 6.37. The molecule has 1 aromatic heterocycles. The Morgan fingerprint density at radius 2 is 1.86 bits per heavy atom. The summed E-state index contributed by atoms with van der Waals surface area (Å²) in [7, 11) is 0. The number of aromatic amines is 1. The lowest BCUT2D eigenvalue weighted by molar-refractivity contribution is 0.0618. The molecule has 1 aromatic rings. The monoisotopic (exact) mass is 291 g/mol. The van der Waals surface area contributed by atoms with Gasteiger partial charge in [0.15, 0.2) is 5.69 Å². The van der Waals surface area contributed by atoms with Gasteiger partial charge in [0.25, 0.3) is 5.91 Å². The molecular formula is C15H25N5O. The van der Waals surface area contributed by atoms with Crippen molar-refractivity contribution >= 4 is 5.91 Å². The second-order valence-electron chi connectivity index (χ2n) is 6.37. The minimum atomic E-state index is 0.0218. The zero-order valence-corrected chi connectivity index (χ0v) is 13.0. The molecule has 2 saturated heterocycles. The van der Waals surface area contributed by atoms with E-state index in [1.165, 1.54) is 25.9 Å². The predicted molar refractivity (Wildman–Crippen MR) is 80.0 cm³/mol. The van der Waals surface area contributed by atoms with Crippen LogP contribution in [0.2, 0.25) is 0 Å². The number of piperidine rings is 1. The normalized spacial score (nSPS) is 22.7. The van der Waals surface area contributed by atoms with Crippen molar-refractivity contribution in [3.8, 4) is 0 Å². The number of amides is 1. The summed E-state index contributed by atoms with van der Waals surface area (Å²) < 4.78 is 0. The van der Waals surface area contributed by atoms with Crippen LogP contribution in [-0.2, 0) is 0 Å². The fourth-order valence-corrected chi connectivity index (χ4v) is 3.67. The van der Waals surface area contributed by atoms with Gasteiger partial charge < -0.3 is 9.80 Å². The lowest BCUT2D eigenvalue weighted by Gasteiger charge is -2.38. The molecular weight excluding hydrogens is 266 g/mol. The van der Waals surface area contributed by atoms with E-state index in [-0.39, 0.29) is 5.91 Å². The van der Waals surface area contributed by atoms with Crippen LogP contribution in [0, 0.1) is 12.8 Å². The van der Waals surface area contributed by atoms with Crippen molar-refractivity contribution in [1.82, 2.24) is 25.2 Å². The average Bonchev–Trinajstić information content (AvgIpc) is 3.17. The summed E-state index contributed by atoms with van der Waals surface area (Å²) >= 11 is 0. The number of likely N-dealkylation sites (tertiary alicyclic amines) is 2. The van der Waals surface area contributed by atoms with Gasteiger partial charge in [-0.15, -0.1) is 0 Å². The molecule has 1 N–H and O–H groups in total. The molecule has 0 aromatic carbocycles. The Kier molecular flexibility index (Phi) is 4.24. The molecule has 0 bridgehead atoms. The third kappa shape index (κ3) is 2.95. The van der Waals surface area contributed by atoms with Crippen LogP contribution >= 0.6 is 0 Å². The van der Waals surface area contributed by atoms with Crippen LogP contribution in [0.4, 0.5) is 0 Å². The van der Waals surface area contributed by atoms with Crippen LogP contribution in [0.1, 0.15) is 48.8 Å². The van der Waals surface area contributed by atoms with Gasteiger partial charge in [-0.1, -0.05) is 0 Å². The Bertz CT molecular complexity index is 486. The van der Waals surface area contributed by atoms with Crippen LogP contribution in [0.25, 0.3) is 0 Å². The summed E-state index contributed by atoms with van der Waals surface area (Å²) in [6.45, 7) is 8.35. The third-order valence-corrected chi connectivity index (χ3v) is 5.15. The zero-order valence-electron chi connectivity index (χ0n) is 13.0. The van der Waals surface area contributed by atoms with Crippen molar-refractivity contribution in [3.05, 3.63) is 11.4 Å². The van der Waals surface area contributed by atoms with E-state index in [0.29, 0.717) is 23.3 Å². The first-order chi connectivity index (χ1) is 10.2. The topological polar surface area (TPSA) is 65.1 Å². The molecule has 0 saturated carbocycles. The standard InChI is InChI=1S/C15H25N5O/c1-11-14(17-18-16-11)15(21)20-9-5-13(6-10-20)12(2)19-7-3-4-8-19/h12-13H,3-10H2,1-2H3,(H,16,17,18). The molecule has 2 aliphatic heterocycles. The molecule has 0 spiro atoms. The molecule has 6 heteroatoms. The van der Waals surface area contributed by atoms with Crippen molar-refractivity contribution in [3.63, 3.8) is 0 Å². The van der Waals surface area contributed by atoms with Crippen molar-refractivity contribution in [1.29, 1.82) is 0 Å². The summed E-state index contributed by atoms with van der Waals surface area (Å²) in [6.07, 6.45) is 4.88. The van der Waals surface area contributed by atoms with E-state index in [1.807, 2.05) is 11.8 Å². The number of H-pyrrole nitrogens is 1. The molecule has 2 fully saturated rings. The van der Waals surface area contributed by atoms with E-state index in [0.717, 1.165) is 25.9 Å². The molecule has 1 amide bonds. The fourth-order valence-electron chi connectivity index (χ4n) is 3.67. The molecule has 2 aliphatic rings. The first kappa shape index (κ1) is 14.5. The van der Waals surface area contributed by atoms with E-state index < -0.39 is 0 Å². The Hall–Kier alpha value is -1.43. The molecule has 0 aliphatic carbocycles. The Labute approximate surface area is 125 Å². The highest BCUT2D eigenvalue weighted by Crippen LogP contribution is 2.27. The van der Waals surface area contributed by atoms with E-state index in [9.17, 15) is 4.79 Å². The van der Waals surface area contributed by atoms with Crippen LogP contribution in [-0.4, -0.2) is 63.3 Å². The summed E-state index contributed by atoms with van der Waals surface area (Å²) in [5.41, 5.74) is 1.16. The summed E-state index contributed by atoms with van der Waals surface area (Å²) in [4.78, 5) is 17.0. The van der Waals surface area contributed by atoms with Gasteiger partial charge in [0.05, 0.1) is 5.69 Å². The molecule has 21 heavy (non-hydrogen) atoms. The van der Waals surface area contributed by atoms with Gasteiger partial charge in [0.1, 0.15) is 0 Å². The number of carbonyl (C=O) groups is 1. The lowest BCUT2D eigenvalue weighted by Crippen LogP contribution is -2.45. The van der Waals surface area contributed by atoms with Gasteiger partial charge in [-0.2, -0.15) is 15.4 Å². The number of hydrogen-bond acceptors (Lipinski definition) is 4. The predicted octanol–water partition coefficient (Wildman–Crippen LogP) is 1.45. The smallest absolute Gasteiger partial charge is 0.276 e. The van der Waals surface area contributed by atoms with E-state index in [1.54, 1.807) is 0 Å². The van der Waals surface area contributed by atoms with E-state index >= 15 is 0 Å². The molecule has 116 valence electrons. The lowest BCUT2D eigenvalue weighted by atomic mass is 9.89. The van der Waals surface area contributed by atoms with Crippen molar-refractivity contribution in [2.75, 3.05) is 26.2 Å². The van der Waals surface area contributed by atoms with Crippen molar-refractivity contribution in [2.45, 2.75) is 45.6 Å². The van der Waals surface area contributed by atoms with Crippen LogP contribution in [0.15, 0.2) is 0 Å². The average molecular weight is 291 g/mol. The van der Waals surface area contributed by atoms with Crippen LogP contribution in [0.5, 0.6) is 0 Å². The van der Waals surface area contributed by atoms with Gasteiger partial charge in [0.2, 0.25) is 0 Å². The van der Waals surface area contributed by atoms with Crippen LogP contribution in [0.3, 0.4) is 0 Å². The summed E-state index contributed by atoms with van der Waals surface area (Å²) in [6, 6.07) is 0.651. The summed E-state index contributed by atoms with van der Waals surface area (Å²) in [5, 5.41) is 10.4. The maximum atomic E-state index is 12.4. The number of aryl methyl sites for hydroxylation is 1. The number of rotatable bonds is 3. The van der Waals surface area contributed by atoms with Gasteiger partial charge in [-0.05, 0) is 58.5 Å². The number of nitrogens with zero attached hydrogens (tertiary/aromatic N) is 4. The van der Waals surface area contributed by atoms with E-state index in [4.69, 9.17) is 0 Å². The van der Waals surface area contributed by atoms with Gasteiger partial charge in [0, 0.05) is 19.1 Å². The SMILES string of the molecule is Cc1n[nH]nc1C(=O)N1CCC(C(C)N2CCCC2)CC1. The molecule has 1 unspecified atom stereocenters. The van der Waals surface area contributed by atoms with Gasteiger partial charge in [-0.25, -0.2) is 0 Å². The molecule has 6 nitrogen and oxygen atoms in total. The van der Waals surface area contributed by atoms with Crippen molar-refractivity contribution in [2.24, 2.45) is 5.92 Å². The van der Waals surface area contributed by atoms with Crippen LogP contribution < -0.4 is 0 Å². The minimum absolute atomic E-state index is 0.0218. The highest BCUT2D eigenvalue weighted by atomic mass is 16.2. The van der Waals surface area contributed by atoms with Crippen molar-refractivity contribution < 1.29 is 4.79 Å². The Morgan fingerprint density at radius 1 is 1.19 bits per heavy atom. The summed E-state index contributed by atoms with van der Waals surface area (Å²) in [5.74, 6) is 0.735. The maximum Gasteiger partial charge on any atom is 0.276 e. The minimum Gasteiger partial charge on any atom is -0.337 e. The molecule has 1 atom stereocenters. The fraction of sp³-hybridized carbons (Fsp3) is 0.800. The number of nitrogens with one attached hydrogen (secondary N) is 1. The van der Waals surface area contributed by atoms with Gasteiger partial charge >= 0.3 is 0 Å². The first-order valence-electron chi connectivity index (χ1n) is 8.07. The molecule has 0 radical (unpaired) electrons. The third-order valence-electron chi connectivity index (χ3n) is 5.15. The highest BCUT2D eigenvalue weighted by Gasteiger charge is 2.31. The number of aromatic nitrogens is 3. The molecule has 3 rings (SSSR count). The number of hydrogen-bond donors (Lipinski definition) is 1.